The normalized spacial score (nSPS) is 12.6. The topological polar surface area (TPSA) is 81.9 Å². The highest BCUT2D eigenvalue weighted by Crippen LogP contribution is 2.32. The lowest BCUT2D eigenvalue weighted by Gasteiger charge is -2.16. The molecule has 1 atom stereocenters. The lowest BCUT2D eigenvalue weighted by molar-refractivity contribution is -0.274. The molecule has 0 radical (unpaired) electrons. The van der Waals surface area contributed by atoms with Crippen LogP contribution < -0.4 is 10.1 Å². The largest absolute Gasteiger partial charge is 0.573 e. The highest BCUT2D eigenvalue weighted by Gasteiger charge is 2.32. The van der Waals surface area contributed by atoms with Gasteiger partial charge in [0.2, 0.25) is 0 Å². The number of hydrogen-bond acceptors (Lipinski definition) is 5. The number of rotatable bonds is 5. The van der Waals surface area contributed by atoms with Gasteiger partial charge in [0.15, 0.2) is 11.6 Å². The van der Waals surface area contributed by atoms with Crippen molar-refractivity contribution in [2.45, 2.75) is 25.5 Å². The van der Waals surface area contributed by atoms with Crippen LogP contribution in [0.5, 0.6) is 5.75 Å². The van der Waals surface area contributed by atoms with Crippen LogP contribution in [0.25, 0.3) is 5.82 Å². The molecule has 3 rings (SSSR count). The third kappa shape index (κ3) is 6.74. The van der Waals surface area contributed by atoms with Crippen molar-refractivity contribution in [3.63, 3.8) is 0 Å². The number of halogens is 7. The summed E-state index contributed by atoms with van der Waals surface area (Å²) < 4.78 is 80.6. The second-order valence-electron chi connectivity index (χ2n) is 6.35. The summed E-state index contributed by atoms with van der Waals surface area (Å²) in [5.41, 5.74) is -1.41. The first-order valence-corrected chi connectivity index (χ1v) is 9.02. The lowest BCUT2D eigenvalue weighted by atomic mass is 10.1. The molecule has 0 aliphatic heterocycles. The maximum atomic E-state index is 13.0. The maximum absolute atomic E-state index is 13.0. The van der Waals surface area contributed by atoms with Gasteiger partial charge in [-0.2, -0.15) is 36.4 Å². The number of nitrogens with zero attached hydrogens (tertiary/aromatic N) is 4. The zero-order chi connectivity index (χ0) is 23.7. The van der Waals surface area contributed by atoms with E-state index < -0.39 is 35.8 Å². The molecule has 0 bridgehead atoms. The van der Waals surface area contributed by atoms with E-state index in [1.165, 1.54) is 13.0 Å². The van der Waals surface area contributed by atoms with Gasteiger partial charge in [0.1, 0.15) is 12.1 Å². The third-order valence-electron chi connectivity index (χ3n) is 3.97. The van der Waals surface area contributed by atoms with Crippen LogP contribution in [0, 0.1) is 0 Å². The van der Waals surface area contributed by atoms with Crippen molar-refractivity contribution in [3.8, 4) is 11.6 Å². The number of nitrogens with one attached hydrogen (secondary N) is 1. The SMILES string of the molecule is C[C@H](NC(=O)c1cc(Cl)cc(C(F)(F)F)c1)c1ncnn1-c1ccc(OC(F)(F)F)cn1.S. The second-order valence-corrected chi connectivity index (χ2v) is 6.79. The summed E-state index contributed by atoms with van der Waals surface area (Å²) in [5.74, 6) is -1.23. The molecule has 0 saturated heterocycles. The van der Waals surface area contributed by atoms with Crippen molar-refractivity contribution in [1.29, 1.82) is 0 Å². The Kier molecular flexibility index (Phi) is 7.85. The predicted molar refractivity (Wildman–Crippen MR) is 109 cm³/mol. The second kappa shape index (κ2) is 9.87. The van der Waals surface area contributed by atoms with E-state index in [0.717, 1.165) is 29.3 Å². The molecule has 0 aliphatic carbocycles. The van der Waals surface area contributed by atoms with Gasteiger partial charge in [-0.25, -0.2) is 9.97 Å². The number of benzene rings is 1. The summed E-state index contributed by atoms with van der Waals surface area (Å²) in [6.45, 7) is 1.48. The van der Waals surface area contributed by atoms with Gasteiger partial charge in [0.05, 0.1) is 17.8 Å². The minimum Gasteiger partial charge on any atom is -0.404 e. The molecular weight excluding hydrogens is 500 g/mol. The standard InChI is InChI=1S/C18H12ClF6N5O2.H2S/c1-9(29-16(31)10-4-11(17(20,21)22)6-12(19)5-10)15-27-8-28-30(15)14-3-2-13(7-26-14)32-18(23,24)25;/h2-9H,1H3,(H,29,31);1H2/t9-;/m0./s1. The molecule has 2 heterocycles. The first-order valence-electron chi connectivity index (χ1n) is 8.64. The van der Waals surface area contributed by atoms with Gasteiger partial charge in [-0.3, -0.25) is 4.79 Å². The fraction of sp³-hybridized carbons (Fsp3) is 0.222. The van der Waals surface area contributed by atoms with Crippen LogP contribution in [0.1, 0.15) is 34.7 Å². The van der Waals surface area contributed by atoms with Crippen molar-refractivity contribution >= 4 is 31.0 Å². The van der Waals surface area contributed by atoms with E-state index in [4.69, 9.17) is 11.6 Å². The van der Waals surface area contributed by atoms with Crippen LogP contribution in [0.15, 0.2) is 42.9 Å². The van der Waals surface area contributed by atoms with Crippen LogP contribution in [0.4, 0.5) is 26.3 Å². The number of aromatic nitrogens is 4. The lowest BCUT2D eigenvalue weighted by Crippen LogP contribution is -2.29. The van der Waals surface area contributed by atoms with E-state index in [1.54, 1.807) is 0 Å². The van der Waals surface area contributed by atoms with Crippen LogP contribution >= 0.6 is 25.1 Å². The fourth-order valence-electron chi connectivity index (χ4n) is 2.64. The number of carbonyl (C=O) groups excluding carboxylic acids is 1. The third-order valence-corrected chi connectivity index (χ3v) is 4.19. The Morgan fingerprint density at radius 1 is 1.12 bits per heavy atom. The number of ether oxygens (including phenoxy) is 1. The summed E-state index contributed by atoms with van der Waals surface area (Å²) in [5, 5.41) is 6.11. The number of hydrogen-bond donors (Lipinski definition) is 1. The molecule has 0 unspecified atom stereocenters. The van der Waals surface area contributed by atoms with E-state index in [1.807, 2.05) is 0 Å². The van der Waals surface area contributed by atoms with E-state index in [0.29, 0.717) is 12.1 Å². The molecular formula is C18H14ClF6N5O2S. The molecule has 7 nitrogen and oxygen atoms in total. The van der Waals surface area contributed by atoms with Crippen LogP contribution in [-0.2, 0) is 6.18 Å². The minimum absolute atomic E-state index is 0. The number of amides is 1. The molecule has 1 aromatic carbocycles. The van der Waals surface area contributed by atoms with Gasteiger partial charge in [0, 0.05) is 10.6 Å². The molecule has 3 aromatic rings. The quantitative estimate of drug-likeness (QED) is 0.494. The highest BCUT2D eigenvalue weighted by molar-refractivity contribution is 7.59. The highest BCUT2D eigenvalue weighted by atomic mass is 35.5. The summed E-state index contributed by atoms with van der Waals surface area (Å²) in [4.78, 5) is 20.3. The Bertz CT molecular complexity index is 1120. The zero-order valence-corrected chi connectivity index (χ0v) is 18.1. The number of pyridine rings is 1. The first-order chi connectivity index (χ1) is 14.8. The minimum atomic E-state index is -4.88. The zero-order valence-electron chi connectivity index (χ0n) is 16.4. The van der Waals surface area contributed by atoms with Crippen molar-refractivity contribution in [2.24, 2.45) is 0 Å². The Hall–Kier alpha value is -3.00. The van der Waals surface area contributed by atoms with E-state index in [-0.39, 0.29) is 35.7 Å². The van der Waals surface area contributed by atoms with Crippen LogP contribution in [-0.4, -0.2) is 32.0 Å². The van der Waals surface area contributed by atoms with Gasteiger partial charge in [-0.1, -0.05) is 11.6 Å². The van der Waals surface area contributed by atoms with Gasteiger partial charge >= 0.3 is 12.5 Å². The van der Waals surface area contributed by atoms with Gasteiger partial charge in [-0.05, 0) is 37.3 Å². The summed E-state index contributed by atoms with van der Waals surface area (Å²) in [6, 6.07) is 3.74. The number of carbonyl (C=O) groups is 1. The molecule has 0 aliphatic rings. The van der Waals surface area contributed by atoms with E-state index in [2.05, 4.69) is 25.1 Å². The molecule has 1 N–H and O–H groups in total. The average Bonchev–Trinajstić information content (AvgIpc) is 3.16. The van der Waals surface area contributed by atoms with Gasteiger partial charge in [-0.15, -0.1) is 13.2 Å². The van der Waals surface area contributed by atoms with E-state index >= 15 is 0 Å². The Morgan fingerprint density at radius 3 is 2.39 bits per heavy atom. The van der Waals surface area contributed by atoms with Crippen LogP contribution in [0.3, 0.4) is 0 Å². The maximum Gasteiger partial charge on any atom is 0.573 e. The van der Waals surface area contributed by atoms with Crippen molar-refractivity contribution in [2.75, 3.05) is 0 Å². The summed E-state index contributed by atoms with van der Waals surface area (Å²) >= 11 is 5.70. The van der Waals surface area contributed by atoms with Crippen molar-refractivity contribution in [3.05, 3.63) is 64.8 Å². The average molecular weight is 514 g/mol. The fourth-order valence-corrected chi connectivity index (χ4v) is 2.88. The van der Waals surface area contributed by atoms with Crippen molar-refractivity contribution < 1.29 is 35.9 Å². The molecule has 0 fully saturated rings. The molecule has 1 amide bonds. The molecule has 2 aromatic heterocycles. The molecule has 15 heteroatoms. The van der Waals surface area contributed by atoms with Gasteiger partial charge < -0.3 is 10.1 Å². The molecule has 0 saturated carbocycles. The van der Waals surface area contributed by atoms with Gasteiger partial charge in [0.25, 0.3) is 5.91 Å². The smallest absolute Gasteiger partial charge is 0.404 e. The van der Waals surface area contributed by atoms with Crippen LogP contribution in [0.2, 0.25) is 5.02 Å². The number of alkyl halides is 6. The monoisotopic (exact) mass is 513 g/mol. The predicted octanol–water partition coefficient (Wildman–Crippen LogP) is 4.84. The van der Waals surface area contributed by atoms with Crippen molar-refractivity contribution in [1.82, 2.24) is 25.1 Å². The Labute approximate surface area is 194 Å². The Morgan fingerprint density at radius 2 is 1.82 bits per heavy atom. The molecule has 178 valence electrons. The Balaban J connectivity index is 0.00000385. The first kappa shape index (κ1) is 26.3. The summed E-state index contributed by atoms with van der Waals surface area (Å²) in [7, 11) is 0. The summed E-state index contributed by atoms with van der Waals surface area (Å²) in [6.07, 6.45) is -7.64. The molecule has 0 spiro atoms. The van der Waals surface area contributed by atoms with E-state index in [9.17, 15) is 31.1 Å². The molecule has 33 heavy (non-hydrogen) atoms.